The van der Waals surface area contributed by atoms with Gasteiger partial charge in [0.05, 0.1) is 4.90 Å². The molecule has 0 amide bonds. The van der Waals surface area contributed by atoms with Gasteiger partial charge in [-0.15, -0.1) is 0 Å². The predicted molar refractivity (Wildman–Crippen MR) is 91.4 cm³/mol. The van der Waals surface area contributed by atoms with Crippen molar-refractivity contribution in [1.29, 1.82) is 0 Å². The van der Waals surface area contributed by atoms with Crippen molar-refractivity contribution in [1.82, 2.24) is 10.0 Å². The number of benzene rings is 1. The highest BCUT2D eigenvalue weighted by Gasteiger charge is 2.15. The Bertz CT molecular complexity index is 530. The lowest BCUT2D eigenvalue weighted by molar-refractivity contribution is 0.578. The molecule has 1 aromatic rings. The first-order chi connectivity index (χ1) is 10.0. The molecule has 0 aromatic heterocycles. The third kappa shape index (κ3) is 5.98. The van der Waals surface area contributed by atoms with Crippen molar-refractivity contribution < 1.29 is 8.42 Å². The number of unbranched alkanes of at least 4 members (excludes halogenated alkanes) is 1. The molecule has 120 valence electrons. The van der Waals surface area contributed by atoms with Gasteiger partial charge in [0.1, 0.15) is 0 Å². The Morgan fingerprint density at radius 1 is 1.19 bits per heavy atom. The van der Waals surface area contributed by atoms with E-state index in [2.05, 4.69) is 23.2 Å². The second kappa shape index (κ2) is 9.46. The Hall–Kier alpha value is -0.560. The number of nitrogens with one attached hydrogen (secondary N) is 2. The zero-order valence-electron chi connectivity index (χ0n) is 13.1. The summed E-state index contributed by atoms with van der Waals surface area (Å²) in [7, 11) is -1.53. The first kappa shape index (κ1) is 18.5. The molecule has 0 aliphatic heterocycles. The minimum atomic E-state index is -3.40. The van der Waals surface area contributed by atoms with E-state index >= 15 is 0 Å². The van der Waals surface area contributed by atoms with Crippen LogP contribution in [0.3, 0.4) is 0 Å². The molecule has 0 bridgehead atoms. The summed E-state index contributed by atoms with van der Waals surface area (Å²) in [5.74, 6) is 1.07. The monoisotopic (exact) mass is 330 g/mol. The number of sulfonamides is 1. The maximum absolute atomic E-state index is 12.3. The molecular weight excluding hydrogens is 304 g/mol. The smallest absolute Gasteiger partial charge is 0.240 e. The molecule has 0 spiro atoms. The van der Waals surface area contributed by atoms with Crippen LogP contribution >= 0.6 is 11.8 Å². The molecule has 1 aromatic carbocycles. The van der Waals surface area contributed by atoms with Gasteiger partial charge in [0, 0.05) is 13.1 Å². The third-order valence-electron chi connectivity index (χ3n) is 3.30. The highest BCUT2D eigenvalue weighted by molar-refractivity contribution is 7.98. The lowest BCUT2D eigenvalue weighted by atomic mass is 10.1. The van der Waals surface area contributed by atoms with Crippen LogP contribution in [-0.2, 0) is 23.0 Å². The number of thioether (sulfide) groups is 1. The quantitative estimate of drug-likeness (QED) is 0.647. The molecule has 0 aliphatic carbocycles. The number of hydrogen-bond acceptors (Lipinski definition) is 4. The Kier molecular flexibility index (Phi) is 8.33. The molecule has 6 heteroatoms. The van der Waals surface area contributed by atoms with E-state index in [-0.39, 0.29) is 0 Å². The lowest BCUT2D eigenvalue weighted by Gasteiger charge is -2.11. The summed E-state index contributed by atoms with van der Waals surface area (Å²) in [6.07, 6.45) is 4.86. The summed E-state index contributed by atoms with van der Waals surface area (Å²) in [6.45, 7) is 3.26. The number of hydrogen-bond donors (Lipinski definition) is 2. The van der Waals surface area contributed by atoms with Gasteiger partial charge in [-0.05, 0) is 61.6 Å². The lowest BCUT2D eigenvalue weighted by Crippen LogP contribution is -2.25. The van der Waals surface area contributed by atoms with Crippen LogP contribution in [-0.4, -0.2) is 34.0 Å². The molecule has 0 unspecified atom stereocenters. The molecule has 0 heterocycles. The van der Waals surface area contributed by atoms with E-state index in [4.69, 9.17) is 0 Å². The minimum Gasteiger partial charge on any atom is -0.316 e. The van der Waals surface area contributed by atoms with Gasteiger partial charge in [0.15, 0.2) is 0 Å². The minimum absolute atomic E-state index is 0.356. The van der Waals surface area contributed by atoms with E-state index < -0.39 is 10.0 Å². The van der Waals surface area contributed by atoms with Crippen LogP contribution < -0.4 is 10.0 Å². The van der Waals surface area contributed by atoms with Gasteiger partial charge < -0.3 is 5.32 Å². The predicted octanol–water partition coefficient (Wildman–Crippen LogP) is 2.39. The second-order valence-corrected chi connectivity index (χ2v) is 7.66. The first-order valence-corrected chi connectivity index (χ1v) is 10.2. The molecule has 2 N–H and O–H groups in total. The van der Waals surface area contributed by atoms with Crippen LogP contribution in [0.15, 0.2) is 23.1 Å². The normalized spacial score (nSPS) is 11.8. The van der Waals surface area contributed by atoms with E-state index in [1.54, 1.807) is 23.9 Å². The van der Waals surface area contributed by atoms with Gasteiger partial charge >= 0.3 is 0 Å². The fraction of sp³-hybridized carbons (Fsp3) is 0.600. The largest absolute Gasteiger partial charge is 0.316 e. The van der Waals surface area contributed by atoms with Gasteiger partial charge in [-0.3, -0.25) is 0 Å². The van der Waals surface area contributed by atoms with Crippen molar-refractivity contribution in [3.63, 3.8) is 0 Å². The summed E-state index contributed by atoms with van der Waals surface area (Å²) in [5, 5.41) is 3.09. The highest BCUT2D eigenvalue weighted by Crippen LogP contribution is 2.17. The number of rotatable bonds is 10. The topological polar surface area (TPSA) is 58.2 Å². The molecular formula is C15H26N2O2S2. The standard InChI is InChI=1S/C15H26N2O2S2/c1-4-13-7-8-15(11-14(13)12-16-2)21(18,19)17-9-5-6-10-20-3/h7-8,11,16-17H,4-6,9-10,12H2,1-3H3. The van der Waals surface area contributed by atoms with Gasteiger partial charge in [-0.1, -0.05) is 13.0 Å². The Labute approximate surface area is 133 Å². The van der Waals surface area contributed by atoms with Crippen LogP contribution in [0, 0.1) is 0 Å². The van der Waals surface area contributed by atoms with Gasteiger partial charge in [-0.25, -0.2) is 13.1 Å². The van der Waals surface area contributed by atoms with Gasteiger partial charge in [-0.2, -0.15) is 11.8 Å². The number of aryl methyl sites for hydroxylation is 1. The Morgan fingerprint density at radius 2 is 1.95 bits per heavy atom. The van der Waals surface area contributed by atoms with E-state index in [9.17, 15) is 8.42 Å². The summed E-state index contributed by atoms with van der Waals surface area (Å²) in [4.78, 5) is 0.356. The summed E-state index contributed by atoms with van der Waals surface area (Å²) < 4.78 is 27.3. The SMILES string of the molecule is CCc1ccc(S(=O)(=O)NCCCCSC)cc1CNC. The molecule has 4 nitrogen and oxygen atoms in total. The summed E-state index contributed by atoms with van der Waals surface area (Å²) in [6, 6.07) is 5.39. The maximum Gasteiger partial charge on any atom is 0.240 e. The van der Waals surface area contributed by atoms with E-state index in [1.165, 1.54) is 5.56 Å². The van der Waals surface area contributed by atoms with E-state index in [1.807, 2.05) is 13.1 Å². The van der Waals surface area contributed by atoms with Gasteiger partial charge in [0.2, 0.25) is 10.0 Å². The van der Waals surface area contributed by atoms with Crippen LogP contribution in [0.25, 0.3) is 0 Å². The molecule has 0 atom stereocenters. The highest BCUT2D eigenvalue weighted by atomic mass is 32.2. The zero-order chi connectivity index (χ0) is 15.7. The van der Waals surface area contributed by atoms with Gasteiger partial charge in [0.25, 0.3) is 0 Å². The van der Waals surface area contributed by atoms with Crippen molar-refractivity contribution in [3.8, 4) is 0 Å². The summed E-state index contributed by atoms with van der Waals surface area (Å²) in [5.41, 5.74) is 2.23. The van der Waals surface area contributed by atoms with E-state index in [0.717, 1.165) is 30.6 Å². The van der Waals surface area contributed by atoms with Crippen LogP contribution in [0.2, 0.25) is 0 Å². The molecule has 0 radical (unpaired) electrons. The zero-order valence-corrected chi connectivity index (χ0v) is 14.7. The fourth-order valence-corrected chi connectivity index (χ4v) is 3.75. The third-order valence-corrected chi connectivity index (χ3v) is 5.46. The summed E-state index contributed by atoms with van der Waals surface area (Å²) >= 11 is 1.78. The van der Waals surface area contributed by atoms with Crippen molar-refractivity contribution in [2.45, 2.75) is 37.6 Å². The van der Waals surface area contributed by atoms with Crippen LogP contribution in [0.4, 0.5) is 0 Å². The van der Waals surface area contributed by atoms with Crippen molar-refractivity contribution in [2.75, 3.05) is 25.6 Å². The van der Waals surface area contributed by atoms with Crippen molar-refractivity contribution in [3.05, 3.63) is 29.3 Å². The molecule has 1 rings (SSSR count). The van der Waals surface area contributed by atoms with Crippen LogP contribution in [0.5, 0.6) is 0 Å². The fourth-order valence-electron chi connectivity index (χ4n) is 2.13. The first-order valence-electron chi connectivity index (χ1n) is 7.30. The molecule has 0 saturated carbocycles. The molecule has 0 saturated heterocycles. The Morgan fingerprint density at radius 3 is 2.57 bits per heavy atom. The second-order valence-electron chi connectivity index (χ2n) is 4.91. The molecule has 0 aliphatic rings. The molecule has 0 fully saturated rings. The average Bonchev–Trinajstić information content (AvgIpc) is 2.47. The van der Waals surface area contributed by atoms with E-state index in [0.29, 0.717) is 18.0 Å². The van der Waals surface area contributed by atoms with Crippen LogP contribution in [0.1, 0.15) is 30.9 Å². The van der Waals surface area contributed by atoms with Crippen molar-refractivity contribution in [2.24, 2.45) is 0 Å². The molecule has 21 heavy (non-hydrogen) atoms. The maximum atomic E-state index is 12.3. The average molecular weight is 331 g/mol. The van der Waals surface area contributed by atoms with Crippen molar-refractivity contribution >= 4 is 21.8 Å². The Balaban J connectivity index is 2.76.